The Morgan fingerprint density at radius 3 is 2.79 bits per heavy atom. The molecule has 2 heterocycles. The number of carboxylic acid groups (broad SMARTS) is 1. The Morgan fingerprint density at radius 1 is 1.32 bits per heavy atom. The number of benzene rings is 1. The first-order valence-electron chi connectivity index (χ1n) is 10.3. The van der Waals surface area contributed by atoms with Crippen LogP contribution >= 0.6 is 0 Å². The van der Waals surface area contributed by atoms with Crippen molar-refractivity contribution in [1.82, 2.24) is 4.90 Å². The lowest BCUT2D eigenvalue weighted by molar-refractivity contribution is -0.132. The molecule has 1 fully saturated rings. The van der Waals surface area contributed by atoms with E-state index in [0.29, 0.717) is 18.6 Å². The molecule has 1 N–H and O–H groups in total. The summed E-state index contributed by atoms with van der Waals surface area (Å²) in [5, 5.41) is 9.47. The summed E-state index contributed by atoms with van der Waals surface area (Å²) in [6.45, 7) is 3.49. The van der Waals surface area contributed by atoms with Gasteiger partial charge < -0.3 is 19.5 Å². The van der Waals surface area contributed by atoms with Gasteiger partial charge >= 0.3 is 5.97 Å². The highest BCUT2D eigenvalue weighted by molar-refractivity contribution is 5.89. The number of hydrogen-bond donors (Lipinski definition) is 1. The molecule has 1 spiro atoms. The van der Waals surface area contributed by atoms with Crippen LogP contribution in [0.2, 0.25) is 0 Å². The molecule has 5 heteroatoms. The fraction of sp³-hybridized carbons (Fsp3) is 0.522. The molecule has 0 unspecified atom stereocenters. The SMILES string of the molecule is CCCCOCc1cc2c(cc1OC)C1=CCC(C(=O)O)=CN1C1(CCC1)C2. The van der Waals surface area contributed by atoms with Gasteiger partial charge in [-0.05, 0) is 49.8 Å². The Bertz CT molecular complexity index is 835. The van der Waals surface area contributed by atoms with Crippen molar-refractivity contribution < 1.29 is 19.4 Å². The molecule has 2 aliphatic heterocycles. The molecule has 1 aromatic rings. The predicted molar refractivity (Wildman–Crippen MR) is 108 cm³/mol. The summed E-state index contributed by atoms with van der Waals surface area (Å²) in [6, 6.07) is 4.35. The summed E-state index contributed by atoms with van der Waals surface area (Å²) >= 11 is 0. The monoisotopic (exact) mass is 383 g/mol. The number of rotatable bonds is 7. The van der Waals surface area contributed by atoms with Crippen molar-refractivity contribution in [2.45, 2.75) is 64.0 Å². The van der Waals surface area contributed by atoms with Gasteiger partial charge in [-0.15, -0.1) is 0 Å². The molecule has 1 aliphatic carbocycles. The molecule has 0 atom stereocenters. The number of carbonyl (C=O) groups is 1. The summed E-state index contributed by atoms with van der Waals surface area (Å²) in [7, 11) is 1.70. The fourth-order valence-electron chi connectivity index (χ4n) is 4.59. The topological polar surface area (TPSA) is 59.0 Å². The van der Waals surface area contributed by atoms with E-state index in [9.17, 15) is 9.90 Å². The maximum Gasteiger partial charge on any atom is 0.333 e. The molecule has 150 valence electrons. The third kappa shape index (κ3) is 3.22. The van der Waals surface area contributed by atoms with Crippen LogP contribution < -0.4 is 4.74 Å². The zero-order valence-electron chi connectivity index (χ0n) is 16.8. The fourth-order valence-corrected chi connectivity index (χ4v) is 4.59. The van der Waals surface area contributed by atoms with Gasteiger partial charge in [0.25, 0.3) is 0 Å². The summed E-state index contributed by atoms with van der Waals surface area (Å²) in [5.74, 6) is 0.0152. The van der Waals surface area contributed by atoms with Gasteiger partial charge in [-0.2, -0.15) is 0 Å². The number of ether oxygens (including phenoxy) is 2. The Kier molecular flexibility index (Phi) is 5.19. The molecule has 0 aromatic heterocycles. The lowest BCUT2D eigenvalue weighted by Crippen LogP contribution is -2.55. The summed E-state index contributed by atoms with van der Waals surface area (Å²) in [4.78, 5) is 13.8. The highest BCUT2D eigenvalue weighted by atomic mass is 16.5. The van der Waals surface area contributed by atoms with E-state index in [2.05, 4.69) is 30.0 Å². The van der Waals surface area contributed by atoms with Crippen LogP contribution in [-0.2, 0) is 22.6 Å². The summed E-state index contributed by atoms with van der Waals surface area (Å²) in [5.41, 5.74) is 5.19. The minimum atomic E-state index is -0.826. The van der Waals surface area contributed by atoms with Crippen LogP contribution in [0.4, 0.5) is 0 Å². The summed E-state index contributed by atoms with van der Waals surface area (Å²) < 4.78 is 11.5. The number of fused-ring (bicyclic) bond motifs is 4. The largest absolute Gasteiger partial charge is 0.496 e. The summed E-state index contributed by atoms with van der Waals surface area (Å²) in [6.07, 6.45) is 10.9. The first-order chi connectivity index (χ1) is 13.6. The molecule has 28 heavy (non-hydrogen) atoms. The second-order valence-electron chi connectivity index (χ2n) is 8.10. The quantitative estimate of drug-likeness (QED) is 0.702. The Morgan fingerprint density at radius 2 is 2.14 bits per heavy atom. The molecule has 0 bridgehead atoms. The van der Waals surface area contributed by atoms with E-state index in [0.717, 1.165) is 61.3 Å². The number of hydrogen-bond acceptors (Lipinski definition) is 4. The molecule has 3 aliphatic rings. The van der Waals surface area contributed by atoms with E-state index < -0.39 is 5.97 Å². The van der Waals surface area contributed by atoms with Crippen molar-refractivity contribution in [2.75, 3.05) is 13.7 Å². The van der Waals surface area contributed by atoms with Crippen molar-refractivity contribution in [3.8, 4) is 5.75 Å². The zero-order chi connectivity index (χ0) is 19.7. The minimum absolute atomic E-state index is 0.0227. The van der Waals surface area contributed by atoms with Crippen molar-refractivity contribution in [1.29, 1.82) is 0 Å². The Labute approximate surface area is 166 Å². The highest BCUT2D eigenvalue weighted by Crippen LogP contribution is 2.51. The van der Waals surface area contributed by atoms with Crippen LogP contribution in [0.5, 0.6) is 5.75 Å². The van der Waals surface area contributed by atoms with Crippen LogP contribution in [-0.4, -0.2) is 35.2 Å². The maximum absolute atomic E-state index is 11.5. The van der Waals surface area contributed by atoms with Crippen LogP contribution in [0.25, 0.3) is 5.70 Å². The van der Waals surface area contributed by atoms with Crippen molar-refractivity contribution in [2.24, 2.45) is 0 Å². The lowest BCUT2D eigenvalue weighted by atomic mass is 9.67. The molecular weight excluding hydrogens is 354 g/mol. The van der Waals surface area contributed by atoms with Gasteiger partial charge in [0.2, 0.25) is 0 Å². The van der Waals surface area contributed by atoms with E-state index in [4.69, 9.17) is 9.47 Å². The number of nitrogens with zero attached hydrogens (tertiary/aromatic N) is 1. The number of methoxy groups -OCH3 is 1. The molecule has 1 saturated carbocycles. The molecule has 4 rings (SSSR count). The minimum Gasteiger partial charge on any atom is -0.496 e. The molecule has 0 amide bonds. The lowest BCUT2D eigenvalue weighted by Gasteiger charge is -2.55. The molecular formula is C23H29NO4. The van der Waals surface area contributed by atoms with E-state index in [1.807, 2.05) is 6.20 Å². The van der Waals surface area contributed by atoms with E-state index >= 15 is 0 Å². The van der Waals surface area contributed by atoms with Gasteiger partial charge in [0.05, 0.1) is 19.3 Å². The average molecular weight is 383 g/mol. The normalized spacial score (nSPS) is 19.3. The van der Waals surface area contributed by atoms with Crippen LogP contribution in [0.3, 0.4) is 0 Å². The number of aliphatic carboxylic acids is 1. The van der Waals surface area contributed by atoms with Crippen molar-refractivity contribution in [3.05, 3.63) is 46.7 Å². The van der Waals surface area contributed by atoms with Crippen LogP contribution in [0, 0.1) is 0 Å². The second-order valence-corrected chi connectivity index (χ2v) is 8.10. The number of allylic oxidation sites excluding steroid dienone is 1. The number of carboxylic acids is 1. The van der Waals surface area contributed by atoms with Gasteiger partial charge in [-0.25, -0.2) is 4.79 Å². The third-order valence-corrected chi connectivity index (χ3v) is 6.33. The van der Waals surface area contributed by atoms with Crippen LogP contribution in [0.15, 0.2) is 30.0 Å². The van der Waals surface area contributed by atoms with E-state index in [1.54, 1.807) is 7.11 Å². The van der Waals surface area contributed by atoms with Gasteiger partial charge in [0.1, 0.15) is 5.75 Å². The molecule has 0 radical (unpaired) electrons. The second kappa shape index (κ2) is 7.63. The van der Waals surface area contributed by atoms with Gasteiger partial charge in [-0.1, -0.05) is 19.4 Å². The van der Waals surface area contributed by atoms with Crippen LogP contribution in [0.1, 0.15) is 62.1 Å². The Hall–Kier alpha value is -2.27. The predicted octanol–water partition coefficient (Wildman–Crippen LogP) is 4.51. The van der Waals surface area contributed by atoms with Gasteiger partial charge in [-0.3, -0.25) is 0 Å². The molecule has 0 saturated heterocycles. The van der Waals surface area contributed by atoms with Crippen molar-refractivity contribution in [3.63, 3.8) is 0 Å². The smallest absolute Gasteiger partial charge is 0.333 e. The molecule has 1 aromatic carbocycles. The third-order valence-electron chi connectivity index (χ3n) is 6.33. The first kappa shape index (κ1) is 19.1. The molecule has 5 nitrogen and oxygen atoms in total. The van der Waals surface area contributed by atoms with E-state index in [1.165, 1.54) is 12.0 Å². The van der Waals surface area contributed by atoms with Gasteiger partial charge in [0.15, 0.2) is 0 Å². The van der Waals surface area contributed by atoms with Gasteiger partial charge in [0, 0.05) is 41.6 Å². The van der Waals surface area contributed by atoms with E-state index in [-0.39, 0.29) is 5.54 Å². The van der Waals surface area contributed by atoms with Crippen molar-refractivity contribution >= 4 is 11.7 Å². The zero-order valence-corrected chi connectivity index (χ0v) is 16.8. The average Bonchev–Trinajstić information content (AvgIpc) is 2.68. The Balaban J connectivity index is 1.69. The maximum atomic E-state index is 11.5. The first-order valence-corrected chi connectivity index (χ1v) is 10.3. The highest BCUT2D eigenvalue weighted by Gasteiger charge is 2.47. The number of unbranched alkanes of at least 4 members (excludes halogenated alkanes) is 1. The standard InChI is InChI=1S/C23H29NO4/c1-3-4-10-28-15-18-11-17-13-23(8-5-9-23)24-14-16(22(25)26)6-7-20(24)19(17)12-21(18)27-2/h7,11-12,14H,3-6,8-10,13,15H2,1-2H3,(H,25,26).